The number of rotatable bonds is 7. The molecular formula is C8H15NO6S. The third kappa shape index (κ3) is 5.66. The van der Waals surface area contributed by atoms with E-state index in [1.165, 1.54) is 0 Å². The maximum Gasteiger partial charge on any atom is 0.318 e. The van der Waals surface area contributed by atoms with Crippen molar-refractivity contribution in [1.82, 2.24) is 4.31 Å². The zero-order valence-electron chi connectivity index (χ0n) is 9.17. The quantitative estimate of drug-likeness (QED) is 0.601. The number of hydrogen-bond donors (Lipinski definition) is 1. The lowest BCUT2D eigenvalue weighted by Gasteiger charge is -2.14. The van der Waals surface area contributed by atoms with Gasteiger partial charge in [0, 0.05) is 7.05 Å². The molecule has 0 atom stereocenters. The van der Waals surface area contributed by atoms with Crippen molar-refractivity contribution < 1.29 is 27.9 Å². The summed E-state index contributed by atoms with van der Waals surface area (Å²) in [5.41, 5.74) is 0. The van der Waals surface area contributed by atoms with Gasteiger partial charge in [0.1, 0.15) is 6.54 Å². The number of likely N-dealkylation sites (N-methyl/N-ethyl adjacent to an activating group) is 1. The molecule has 0 amide bonds. The number of esters is 1. The molecule has 94 valence electrons. The lowest BCUT2D eigenvalue weighted by Crippen LogP contribution is -2.34. The average molecular weight is 253 g/mol. The van der Waals surface area contributed by atoms with Crippen molar-refractivity contribution in [2.45, 2.75) is 13.3 Å². The van der Waals surface area contributed by atoms with Crippen molar-refractivity contribution in [1.29, 1.82) is 0 Å². The fourth-order valence-electron chi connectivity index (χ4n) is 0.890. The van der Waals surface area contributed by atoms with Gasteiger partial charge in [-0.1, -0.05) is 0 Å². The molecule has 0 saturated heterocycles. The lowest BCUT2D eigenvalue weighted by molar-refractivity contribution is -0.142. The zero-order chi connectivity index (χ0) is 12.8. The van der Waals surface area contributed by atoms with E-state index in [0.717, 1.165) is 7.05 Å². The average Bonchev–Trinajstić information content (AvgIpc) is 2.14. The van der Waals surface area contributed by atoms with E-state index in [4.69, 9.17) is 5.11 Å². The minimum absolute atomic E-state index is 0.184. The lowest BCUT2D eigenvalue weighted by atomic mass is 10.5. The van der Waals surface area contributed by atoms with Crippen LogP contribution < -0.4 is 0 Å². The molecule has 16 heavy (non-hydrogen) atoms. The van der Waals surface area contributed by atoms with E-state index in [9.17, 15) is 18.0 Å². The molecule has 8 heteroatoms. The van der Waals surface area contributed by atoms with Gasteiger partial charge in [0.25, 0.3) is 0 Å². The van der Waals surface area contributed by atoms with Crippen LogP contribution in [-0.4, -0.2) is 55.7 Å². The predicted octanol–water partition coefficient (Wildman–Crippen LogP) is -0.714. The molecule has 0 unspecified atom stereocenters. The molecule has 0 aliphatic heterocycles. The smallest absolute Gasteiger partial charge is 0.318 e. The number of carbonyl (C=O) groups is 2. The van der Waals surface area contributed by atoms with Crippen LogP contribution in [0.15, 0.2) is 0 Å². The van der Waals surface area contributed by atoms with Gasteiger partial charge in [-0.05, 0) is 6.92 Å². The number of hydrogen-bond acceptors (Lipinski definition) is 5. The second-order valence-corrected chi connectivity index (χ2v) is 5.22. The Bertz CT molecular complexity index is 350. The summed E-state index contributed by atoms with van der Waals surface area (Å²) in [4.78, 5) is 21.2. The Morgan fingerprint density at radius 3 is 2.38 bits per heavy atom. The first-order valence-corrected chi connectivity index (χ1v) is 6.22. The molecule has 0 bridgehead atoms. The summed E-state index contributed by atoms with van der Waals surface area (Å²) in [6.45, 7) is 1.18. The van der Waals surface area contributed by atoms with Crippen LogP contribution in [-0.2, 0) is 24.3 Å². The van der Waals surface area contributed by atoms with Crippen molar-refractivity contribution in [3.8, 4) is 0 Å². The zero-order valence-corrected chi connectivity index (χ0v) is 9.99. The van der Waals surface area contributed by atoms with Crippen LogP contribution in [0, 0.1) is 0 Å². The van der Waals surface area contributed by atoms with Crippen LogP contribution in [0.4, 0.5) is 0 Å². The Morgan fingerprint density at radius 1 is 1.38 bits per heavy atom. The highest BCUT2D eigenvalue weighted by atomic mass is 32.2. The van der Waals surface area contributed by atoms with Crippen molar-refractivity contribution in [2.24, 2.45) is 0 Å². The predicted molar refractivity (Wildman–Crippen MR) is 55.3 cm³/mol. The van der Waals surface area contributed by atoms with Crippen LogP contribution in [0.3, 0.4) is 0 Å². The van der Waals surface area contributed by atoms with Gasteiger partial charge < -0.3 is 9.84 Å². The van der Waals surface area contributed by atoms with Crippen molar-refractivity contribution >= 4 is 22.0 Å². The summed E-state index contributed by atoms with van der Waals surface area (Å²) in [6.07, 6.45) is -0.278. The molecule has 0 aliphatic rings. The third-order valence-electron chi connectivity index (χ3n) is 1.70. The van der Waals surface area contributed by atoms with Crippen LogP contribution >= 0.6 is 0 Å². The first-order chi connectivity index (χ1) is 7.29. The van der Waals surface area contributed by atoms with Crippen molar-refractivity contribution in [3.05, 3.63) is 0 Å². The summed E-state index contributed by atoms with van der Waals surface area (Å²) in [5.74, 6) is -2.31. The van der Waals surface area contributed by atoms with Gasteiger partial charge in [0.15, 0.2) is 0 Å². The van der Waals surface area contributed by atoms with Crippen LogP contribution in [0.25, 0.3) is 0 Å². The topological polar surface area (TPSA) is 101 Å². The molecule has 7 nitrogen and oxygen atoms in total. The molecule has 0 aromatic heterocycles. The van der Waals surface area contributed by atoms with Gasteiger partial charge in [-0.3, -0.25) is 9.59 Å². The minimum Gasteiger partial charge on any atom is -0.480 e. The standard InChI is InChI=1S/C8H15NO6S/c1-3-15-8(12)4-5-16(13,14)9(2)6-7(10)11/h3-6H2,1-2H3,(H,10,11). The Hall–Kier alpha value is -1.15. The highest BCUT2D eigenvalue weighted by Gasteiger charge is 2.21. The van der Waals surface area contributed by atoms with Gasteiger partial charge in [-0.25, -0.2) is 8.42 Å². The number of carboxylic acid groups (broad SMARTS) is 1. The first kappa shape index (κ1) is 14.8. The maximum atomic E-state index is 11.4. The monoisotopic (exact) mass is 253 g/mol. The van der Waals surface area contributed by atoms with Crippen molar-refractivity contribution in [2.75, 3.05) is 26.0 Å². The van der Waals surface area contributed by atoms with Crippen LogP contribution in [0.5, 0.6) is 0 Å². The molecule has 0 rings (SSSR count). The fourth-order valence-corrected chi connectivity index (χ4v) is 1.93. The SMILES string of the molecule is CCOC(=O)CCS(=O)(=O)N(C)CC(=O)O. The summed E-state index contributed by atoms with van der Waals surface area (Å²) in [7, 11) is -2.57. The van der Waals surface area contributed by atoms with Gasteiger partial charge in [-0.2, -0.15) is 4.31 Å². The summed E-state index contributed by atoms with van der Waals surface area (Å²) >= 11 is 0. The van der Waals surface area contributed by atoms with E-state index in [1.54, 1.807) is 6.92 Å². The Balaban J connectivity index is 4.24. The highest BCUT2D eigenvalue weighted by molar-refractivity contribution is 7.89. The number of carbonyl (C=O) groups excluding carboxylic acids is 1. The summed E-state index contributed by atoms with van der Waals surface area (Å²) in [6, 6.07) is 0. The van der Waals surface area contributed by atoms with Gasteiger partial charge in [0.2, 0.25) is 10.0 Å². The third-order valence-corrected chi connectivity index (χ3v) is 3.50. The van der Waals surface area contributed by atoms with E-state index in [0.29, 0.717) is 4.31 Å². The molecule has 0 aliphatic carbocycles. The number of sulfonamides is 1. The van der Waals surface area contributed by atoms with E-state index < -0.39 is 34.3 Å². The maximum absolute atomic E-state index is 11.4. The molecule has 0 spiro atoms. The normalized spacial score (nSPS) is 11.4. The summed E-state index contributed by atoms with van der Waals surface area (Å²) in [5, 5.41) is 8.41. The van der Waals surface area contributed by atoms with Crippen LogP contribution in [0.2, 0.25) is 0 Å². The molecule has 0 radical (unpaired) electrons. The van der Waals surface area contributed by atoms with Crippen LogP contribution in [0.1, 0.15) is 13.3 Å². The molecule has 0 aromatic carbocycles. The Kier molecular flexibility index (Phi) is 5.97. The number of aliphatic carboxylic acids is 1. The van der Waals surface area contributed by atoms with E-state index >= 15 is 0 Å². The Morgan fingerprint density at radius 2 is 1.94 bits per heavy atom. The molecule has 1 N–H and O–H groups in total. The number of nitrogens with zero attached hydrogens (tertiary/aromatic N) is 1. The number of ether oxygens (including phenoxy) is 1. The molecule has 0 aromatic rings. The second kappa shape index (κ2) is 6.44. The number of carboxylic acids is 1. The van der Waals surface area contributed by atoms with E-state index in [2.05, 4.69) is 4.74 Å². The highest BCUT2D eigenvalue weighted by Crippen LogP contribution is 2.01. The molecule has 0 saturated carbocycles. The first-order valence-electron chi connectivity index (χ1n) is 4.61. The van der Waals surface area contributed by atoms with Gasteiger partial charge >= 0.3 is 11.9 Å². The molecule has 0 heterocycles. The minimum atomic E-state index is -3.72. The van der Waals surface area contributed by atoms with E-state index in [1.807, 2.05) is 0 Å². The van der Waals surface area contributed by atoms with Crippen molar-refractivity contribution in [3.63, 3.8) is 0 Å². The second-order valence-electron chi connectivity index (χ2n) is 3.02. The molecule has 0 fully saturated rings. The van der Waals surface area contributed by atoms with E-state index in [-0.39, 0.29) is 13.0 Å². The Labute approximate surface area is 94.0 Å². The fraction of sp³-hybridized carbons (Fsp3) is 0.750. The summed E-state index contributed by atoms with van der Waals surface area (Å²) < 4.78 is 28.1. The molecular weight excluding hydrogens is 238 g/mol. The van der Waals surface area contributed by atoms with Gasteiger partial charge in [0.05, 0.1) is 18.8 Å². The van der Waals surface area contributed by atoms with Gasteiger partial charge in [-0.15, -0.1) is 0 Å². The largest absolute Gasteiger partial charge is 0.480 e.